The summed E-state index contributed by atoms with van der Waals surface area (Å²) in [6, 6.07) is 6.68. The lowest BCUT2D eigenvalue weighted by atomic mass is 10.1. The van der Waals surface area contributed by atoms with Crippen LogP contribution in [0, 0.1) is 5.82 Å². The van der Waals surface area contributed by atoms with Gasteiger partial charge in [-0.2, -0.15) is 0 Å². The molecule has 0 fully saturated rings. The van der Waals surface area contributed by atoms with E-state index in [0.29, 0.717) is 17.8 Å². The third-order valence-corrected chi connectivity index (χ3v) is 2.58. The highest BCUT2D eigenvalue weighted by Crippen LogP contribution is 2.20. The molecule has 0 aliphatic carbocycles. The molecule has 2 aromatic rings. The molecule has 0 amide bonds. The minimum Gasteiger partial charge on any atom is -0.341 e. The van der Waals surface area contributed by atoms with Gasteiger partial charge < -0.3 is 10.3 Å². The molecule has 1 aromatic carbocycles. The lowest BCUT2D eigenvalue weighted by Crippen LogP contribution is -2.35. The number of H-pyrrole nitrogens is 1. The van der Waals surface area contributed by atoms with Gasteiger partial charge in [0, 0.05) is 11.1 Å². The van der Waals surface area contributed by atoms with Crippen LogP contribution in [0.3, 0.4) is 0 Å². The van der Waals surface area contributed by atoms with Crippen LogP contribution in [0.5, 0.6) is 0 Å². The number of nitrogens with zero attached hydrogens (tertiary/aromatic N) is 1. The molecule has 1 aromatic heterocycles. The summed E-state index contributed by atoms with van der Waals surface area (Å²) in [4.78, 5) is 7.38. The van der Waals surface area contributed by atoms with Crippen molar-refractivity contribution in [1.82, 2.24) is 15.3 Å². The zero-order valence-corrected chi connectivity index (χ0v) is 10.9. The fourth-order valence-electron chi connectivity index (χ4n) is 1.62. The third-order valence-electron chi connectivity index (χ3n) is 2.58. The van der Waals surface area contributed by atoms with E-state index in [1.54, 1.807) is 18.3 Å². The number of hydrogen-bond acceptors (Lipinski definition) is 2. The van der Waals surface area contributed by atoms with Crippen molar-refractivity contribution in [3.8, 4) is 11.3 Å². The average molecular weight is 247 g/mol. The predicted octanol–water partition coefficient (Wildman–Crippen LogP) is 3.10. The van der Waals surface area contributed by atoms with E-state index < -0.39 is 0 Å². The first-order chi connectivity index (χ1) is 8.46. The molecule has 0 unspecified atom stereocenters. The van der Waals surface area contributed by atoms with Gasteiger partial charge in [-0.25, -0.2) is 9.37 Å². The molecule has 4 heteroatoms. The predicted molar refractivity (Wildman–Crippen MR) is 70.6 cm³/mol. The van der Waals surface area contributed by atoms with Gasteiger partial charge in [-0.05, 0) is 32.9 Å². The van der Waals surface area contributed by atoms with E-state index in [2.05, 4.69) is 36.1 Å². The Balaban J connectivity index is 2.14. The summed E-state index contributed by atoms with van der Waals surface area (Å²) in [5, 5.41) is 3.33. The van der Waals surface area contributed by atoms with Crippen molar-refractivity contribution in [3.63, 3.8) is 0 Å². The highest BCUT2D eigenvalue weighted by Gasteiger charge is 2.11. The van der Waals surface area contributed by atoms with E-state index in [-0.39, 0.29) is 11.4 Å². The lowest BCUT2D eigenvalue weighted by Gasteiger charge is -2.19. The Kier molecular flexibility index (Phi) is 3.48. The highest BCUT2D eigenvalue weighted by atomic mass is 19.1. The molecule has 3 nitrogen and oxygen atoms in total. The quantitative estimate of drug-likeness (QED) is 0.875. The summed E-state index contributed by atoms with van der Waals surface area (Å²) >= 11 is 0. The highest BCUT2D eigenvalue weighted by molar-refractivity contribution is 5.59. The fourth-order valence-corrected chi connectivity index (χ4v) is 1.62. The van der Waals surface area contributed by atoms with E-state index in [1.165, 1.54) is 6.07 Å². The Morgan fingerprint density at radius 2 is 2.00 bits per heavy atom. The molecule has 0 saturated carbocycles. The number of aromatic nitrogens is 2. The van der Waals surface area contributed by atoms with Crippen molar-refractivity contribution in [3.05, 3.63) is 42.1 Å². The van der Waals surface area contributed by atoms with Crippen LogP contribution in [-0.2, 0) is 6.54 Å². The normalized spacial score (nSPS) is 11.8. The van der Waals surface area contributed by atoms with E-state index in [4.69, 9.17) is 0 Å². The van der Waals surface area contributed by atoms with E-state index >= 15 is 0 Å². The molecule has 0 atom stereocenters. The zero-order valence-electron chi connectivity index (χ0n) is 10.9. The van der Waals surface area contributed by atoms with Crippen LogP contribution in [0.2, 0.25) is 0 Å². The second-order valence-corrected chi connectivity index (χ2v) is 5.33. The van der Waals surface area contributed by atoms with Crippen LogP contribution in [0.25, 0.3) is 11.3 Å². The topological polar surface area (TPSA) is 40.7 Å². The third kappa shape index (κ3) is 3.17. The summed E-state index contributed by atoms with van der Waals surface area (Å²) in [5.41, 5.74) is 1.29. The molecule has 1 heterocycles. The standard InChI is InChI=1S/C14H18FN3/c1-14(2,3)17-9-13-16-8-12(18-13)10-6-4-5-7-11(10)15/h4-8,17H,9H2,1-3H3,(H,16,18). The van der Waals surface area contributed by atoms with Crippen molar-refractivity contribution in [2.45, 2.75) is 32.9 Å². The van der Waals surface area contributed by atoms with Crippen molar-refractivity contribution >= 4 is 0 Å². The molecule has 0 spiro atoms. The minimum atomic E-state index is -0.239. The molecule has 0 bridgehead atoms. The van der Waals surface area contributed by atoms with E-state index in [0.717, 1.165) is 5.82 Å². The number of aromatic amines is 1. The maximum atomic E-state index is 13.6. The molecule has 0 aliphatic heterocycles. The first-order valence-electron chi connectivity index (χ1n) is 5.99. The Labute approximate surface area is 106 Å². The van der Waals surface area contributed by atoms with Gasteiger partial charge in [0.05, 0.1) is 18.4 Å². The molecule has 96 valence electrons. The summed E-state index contributed by atoms with van der Waals surface area (Å²) in [5.74, 6) is 0.569. The summed E-state index contributed by atoms with van der Waals surface area (Å²) in [7, 11) is 0. The monoisotopic (exact) mass is 247 g/mol. The summed E-state index contributed by atoms with van der Waals surface area (Å²) in [6.07, 6.45) is 1.66. The Morgan fingerprint density at radius 3 is 2.67 bits per heavy atom. The van der Waals surface area contributed by atoms with Crippen LogP contribution in [0.4, 0.5) is 4.39 Å². The maximum absolute atomic E-state index is 13.6. The number of hydrogen-bond donors (Lipinski definition) is 2. The second-order valence-electron chi connectivity index (χ2n) is 5.33. The molecule has 2 rings (SSSR count). The Morgan fingerprint density at radius 1 is 1.28 bits per heavy atom. The van der Waals surface area contributed by atoms with E-state index in [1.807, 2.05) is 6.07 Å². The molecule has 0 saturated heterocycles. The first-order valence-corrected chi connectivity index (χ1v) is 5.99. The molecule has 18 heavy (non-hydrogen) atoms. The smallest absolute Gasteiger partial charge is 0.132 e. The zero-order chi connectivity index (χ0) is 13.2. The molecular formula is C14H18FN3. The first kappa shape index (κ1) is 12.8. The molecular weight excluding hydrogens is 229 g/mol. The Bertz CT molecular complexity index is 526. The SMILES string of the molecule is CC(C)(C)NCc1ncc(-c2ccccc2F)[nH]1. The number of benzene rings is 1. The van der Waals surface area contributed by atoms with Crippen molar-refractivity contribution in [2.75, 3.05) is 0 Å². The van der Waals surface area contributed by atoms with Crippen LogP contribution in [0.1, 0.15) is 26.6 Å². The van der Waals surface area contributed by atoms with Crippen LogP contribution >= 0.6 is 0 Å². The number of imidazole rings is 1. The minimum absolute atomic E-state index is 0.0327. The molecule has 0 aliphatic rings. The van der Waals surface area contributed by atoms with Gasteiger partial charge in [-0.3, -0.25) is 0 Å². The lowest BCUT2D eigenvalue weighted by molar-refractivity contribution is 0.418. The van der Waals surface area contributed by atoms with Gasteiger partial charge in [0.25, 0.3) is 0 Å². The van der Waals surface area contributed by atoms with Crippen LogP contribution in [0.15, 0.2) is 30.5 Å². The van der Waals surface area contributed by atoms with Gasteiger partial charge in [0.2, 0.25) is 0 Å². The van der Waals surface area contributed by atoms with Gasteiger partial charge in [-0.1, -0.05) is 12.1 Å². The van der Waals surface area contributed by atoms with Crippen molar-refractivity contribution in [1.29, 1.82) is 0 Å². The van der Waals surface area contributed by atoms with Gasteiger partial charge in [-0.15, -0.1) is 0 Å². The Hall–Kier alpha value is -1.68. The largest absolute Gasteiger partial charge is 0.341 e. The van der Waals surface area contributed by atoms with Crippen LogP contribution in [-0.4, -0.2) is 15.5 Å². The number of halogens is 1. The summed E-state index contributed by atoms with van der Waals surface area (Å²) < 4.78 is 13.6. The van der Waals surface area contributed by atoms with Crippen molar-refractivity contribution < 1.29 is 4.39 Å². The average Bonchev–Trinajstić information content (AvgIpc) is 2.75. The van der Waals surface area contributed by atoms with Crippen LogP contribution < -0.4 is 5.32 Å². The van der Waals surface area contributed by atoms with E-state index in [9.17, 15) is 4.39 Å². The van der Waals surface area contributed by atoms with Crippen molar-refractivity contribution in [2.24, 2.45) is 0 Å². The van der Waals surface area contributed by atoms with Gasteiger partial charge >= 0.3 is 0 Å². The summed E-state index contributed by atoms with van der Waals surface area (Å²) in [6.45, 7) is 6.91. The van der Waals surface area contributed by atoms with Gasteiger partial charge in [0.1, 0.15) is 11.6 Å². The molecule has 2 N–H and O–H groups in total. The number of rotatable bonds is 3. The van der Waals surface area contributed by atoms with Gasteiger partial charge in [0.15, 0.2) is 0 Å². The fraction of sp³-hybridized carbons (Fsp3) is 0.357. The second kappa shape index (κ2) is 4.90. The maximum Gasteiger partial charge on any atom is 0.132 e. The molecule has 0 radical (unpaired) electrons. The number of nitrogens with one attached hydrogen (secondary N) is 2.